The molecule has 5 nitrogen and oxygen atoms in total. The van der Waals surface area contributed by atoms with Crippen LogP contribution in [0.25, 0.3) is 10.8 Å². The molecule has 1 N–H and O–H groups in total. The van der Waals surface area contributed by atoms with E-state index in [2.05, 4.69) is 5.32 Å². The van der Waals surface area contributed by atoms with Gasteiger partial charge in [-0.25, -0.2) is 4.79 Å². The van der Waals surface area contributed by atoms with E-state index in [4.69, 9.17) is 21.1 Å². The Balaban J connectivity index is 1.70. The average molecular weight is 384 g/mol. The molecule has 0 aliphatic rings. The normalized spacial score (nSPS) is 11.7. The number of benzene rings is 3. The van der Waals surface area contributed by atoms with Gasteiger partial charge in [-0.3, -0.25) is 4.79 Å². The molecule has 3 aromatic rings. The summed E-state index contributed by atoms with van der Waals surface area (Å²) in [6.45, 7) is 1.51. The number of esters is 1. The lowest BCUT2D eigenvalue weighted by atomic mass is 10.1. The van der Waals surface area contributed by atoms with Crippen molar-refractivity contribution < 1.29 is 19.1 Å². The van der Waals surface area contributed by atoms with Crippen LogP contribution in [0.1, 0.15) is 17.3 Å². The van der Waals surface area contributed by atoms with E-state index in [1.807, 2.05) is 30.3 Å². The third kappa shape index (κ3) is 4.38. The van der Waals surface area contributed by atoms with E-state index in [0.717, 1.165) is 10.8 Å². The van der Waals surface area contributed by atoms with Gasteiger partial charge in [-0.2, -0.15) is 0 Å². The van der Waals surface area contributed by atoms with Crippen LogP contribution in [0.5, 0.6) is 5.75 Å². The molecule has 138 valence electrons. The highest BCUT2D eigenvalue weighted by atomic mass is 35.5. The number of halogens is 1. The van der Waals surface area contributed by atoms with Crippen molar-refractivity contribution >= 4 is 39.9 Å². The number of anilines is 1. The summed E-state index contributed by atoms with van der Waals surface area (Å²) in [7, 11) is 1.49. The van der Waals surface area contributed by atoms with Gasteiger partial charge in [0, 0.05) is 5.02 Å². The van der Waals surface area contributed by atoms with E-state index in [0.29, 0.717) is 22.0 Å². The molecule has 0 fully saturated rings. The molecule has 0 aliphatic heterocycles. The molecular weight excluding hydrogens is 366 g/mol. The average Bonchev–Trinajstić information content (AvgIpc) is 2.67. The fourth-order valence-corrected chi connectivity index (χ4v) is 2.78. The van der Waals surface area contributed by atoms with Crippen LogP contribution in [0.2, 0.25) is 5.02 Å². The minimum Gasteiger partial charge on any atom is -0.495 e. The second kappa shape index (κ2) is 8.10. The highest BCUT2D eigenvalue weighted by Crippen LogP contribution is 2.28. The van der Waals surface area contributed by atoms with Crippen molar-refractivity contribution in [3.8, 4) is 5.75 Å². The Bertz CT molecular complexity index is 1000. The smallest absolute Gasteiger partial charge is 0.338 e. The first kappa shape index (κ1) is 18.7. The summed E-state index contributed by atoms with van der Waals surface area (Å²) in [6.07, 6.45) is -0.993. The number of fused-ring (bicyclic) bond motifs is 1. The molecule has 27 heavy (non-hydrogen) atoms. The zero-order valence-corrected chi connectivity index (χ0v) is 15.6. The molecule has 0 spiro atoms. The second-order valence-corrected chi connectivity index (χ2v) is 6.38. The van der Waals surface area contributed by atoms with Gasteiger partial charge in [0.25, 0.3) is 5.91 Å². The molecule has 0 aliphatic carbocycles. The predicted molar refractivity (Wildman–Crippen MR) is 105 cm³/mol. The Morgan fingerprint density at radius 2 is 1.74 bits per heavy atom. The van der Waals surface area contributed by atoms with Gasteiger partial charge in [0.2, 0.25) is 0 Å². The van der Waals surface area contributed by atoms with E-state index in [1.54, 1.807) is 30.3 Å². The highest BCUT2D eigenvalue weighted by Gasteiger charge is 2.20. The molecule has 0 heterocycles. The molecular formula is C21H18ClNO4. The second-order valence-electron chi connectivity index (χ2n) is 5.94. The largest absolute Gasteiger partial charge is 0.495 e. The number of hydrogen-bond acceptors (Lipinski definition) is 4. The number of amides is 1. The Labute approximate surface area is 161 Å². The molecule has 6 heteroatoms. The maximum atomic E-state index is 12.4. The number of ether oxygens (including phenoxy) is 2. The van der Waals surface area contributed by atoms with E-state index in [1.165, 1.54) is 14.0 Å². The van der Waals surface area contributed by atoms with Crippen LogP contribution < -0.4 is 10.1 Å². The molecule has 3 rings (SSSR count). The molecule has 3 aromatic carbocycles. The zero-order chi connectivity index (χ0) is 19.4. The summed E-state index contributed by atoms with van der Waals surface area (Å²) < 4.78 is 10.5. The first-order valence-corrected chi connectivity index (χ1v) is 8.70. The van der Waals surface area contributed by atoms with Crippen molar-refractivity contribution in [2.45, 2.75) is 13.0 Å². The predicted octanol–water partition coefficient (Wildman–Crippen LogP) is 4.69. The molecule has 1 amide bonds. The van der Waals surface area contributed by atoms with Crippen LogP contribution in [0.4, 0.5) is 5.69 Å². The lowest BCUT2D eigenvalue weighted by Crippen LogP contribution is -2.30. The fraction of sp³-hybridized carbons (Fsp3) is 0.143. The number of rotatable bonds is 5. The Hall–Kier alpha value is -3.05. The van der Waals surface area contributed by atoms with Crippen LogP contribution >= 0.6 is 11.6 Å². The van der Waals surface area contributed by atoms with Gasteiger partial charge in [0.05, 0.1) is 18.4 Å². The van der Waals surface area contributed by atoms with Crippen molar-refractivity contribution in [1.82, 2.24) is 0 Å². The number of nitrogens with one attached hydrogen (secondary N) is 1. The SMILES string of the molecule is COc1ccc(Cl)cc1NC(=O)[C@@H](C)OC(=O)c1ccc2ccccc2c1. The van der Waals surface area contributed by atoms with Crippen molar-refractivity contribution in [2.24, 2.45) is 0 Å². The van der Waals surface area contributed by atoms with E-state index >= 15 is 0 Å². The van der Waals surface area contributed by atoms with Crippen molar-refractivity contribution in [3.05, 3.63) is 71.2 Å². The first-order chi connectivity index (χ1) is 13.0. The maximum Gasteiger partial charge on any atom is 0.338 e. The van der Waals surface area contributed by atoms with Crippen LogP contribution in [0, 0.1) is 0 Å². The van der Waals surface area contributed by atoms with Crippen LogP contribution in [-0.4, -0.2) is 25.1 Å². The quantitative estimate of drug-likeness (QED) is 0.649. The monoisotopic (exact) mass is 383 g/mol. The summed E-state index contributed by atoms with van der Waals surface area (Å²) in [5.74, 6) is -0.591. The summed E-state index contributed by atoms with van der Waals surface area (Å²) in [6, 6.07) is 17.8. The van der Waals surface area contributed by atoms with Crippen molar-refractivity contribution in [3.63, 3.8) is 0 Å². The summed E-state index contributed by atoms with van der Waals surface area (Å²) in [5.41, 5.74) is 0.789. The molecule has 1 atom stereocenters. The van der Waals surface area contributed by atoms with Gasteiger partial charge in [-0.1, -0.05) is 41.9 Å². The molecule has 0 aromatic heterocycles. The van der Waals surface area contributed by atoms with Crippen LogP contribution in [0.15, 0.2) is 60.7 Å². The molecule has 0 saturated carbocycles. The number of methoxy groups -OCH3 is 1. The standard InChI is InChI=1S/C21H18ClNO4/c1-13(20(24)23-18-12-17(22)9-10-19(18)26-2)27-21(25)16-8-7-14-5-3-4-6-15(14)11-16/h3-13H,1-2H3,(H,23,24)/t13-/m1/s1. The highest BCUT2D eigenvalue weighted by molar-refractivity contribution is 6.31. The minimum atomic E-state index is -0.993. The van der Waals surface area contributed by atoms with Gasteiger partial charge in [-0.05, 0) is 48.0 Å². The van der Waals surface area contributed by atoms with Gasteiger partial charge in [-0.15, -0.1) is 0 Å². The Morgan fingerprint density at radius 1 is 1.00 bits per heavy atom. The van der Waals surface area contributed by atoms with Crippen LogP contribution in [-0.2, 0) is 9.53 Å². The summed E-state index contributed by atoms with van der Waals surface area (Å²) in [5, 5.41) is 5.06. The third-order valence-corrected chi connectivity index (χ3v) is 4.29. The number of hydrogen-bond donors (Lipinski definition) is 1. The van der Waals surface area contributed by atoms with Crippen molar-refractivity contribution in [2.75, 3.05) is 12.4 Å². The Kier molecular flexibility index (Phi) is 5.62. The zero-order valence-electron chi connectivity index (χ0n) is 14.9. The number of carbonyl (C=O) groups is 2. The third-order valence-electron chi connectivity index (χ3n) is 4.06. The Morgan fingerprint density at radius 3 is 2.48 bits per heavy atom. The van der Waals surface area contributed by atoms with Crippen LogP contribution in [0.3, 0.4) is 0 Å². The lowest BCUT2D eigenvalue weighted by molar-refractivity contribution is -0.123. The van der Waals surface area contributed by atoms with Gasteiger partial charge in [0.15, 0.2) is 6.10 Å². The molecule has 0 radical (unpaired) electrons. The van der Waals surface area contributed by atoms with E-state index in [9.17, 15) is 9.59 Å². The summed E-state index contributed by atoms with van der Waals surface area (Å²) in [4.78, 5) is 24.8. The molecule has 0 unspecified atom stereocenters. The minimum absolute atomic E-state index is 0.383. The van der Waals surface area contributed by atoms with Crippen molar-refractivity contribution in [1.29, 1.82) is 0 Å². The molecule has 0 saturated heterocycles. The maximum absolute atomic E-state index is 12.4. The van der Waals surface area contributed by atoms with E-state index in [-0.39, 0.29) is 0 Å². The fourth-order valence-electron chi connectivity index (χ4n) is 2.61. The van der Waals surface area contributed by atoms with Gasteiger partial charge < -0.3 is 14.8 Å². The molecule has 0 bridgehead atoms. The van der Waals surface area contributed by atoms with Gasteiger partial charge in [0.1, 0.15) is 5.75 Å². The van der Waals surface area contributed by atoms with E-state index < -0.39 is 18.0 Å². The van der Waals surface area contributed by atoms with Gasteiger partial charge >= 0.3 is 5.97 Å². The summed E-state index contributed by atoms with van der Waals surface area (Å²) >= 11 is 5.96. The topological polar surface area (TPSA) is 64.6 Å². The first-order valence-electron chi connectivity index (χ1n) is 8.32. The number of carbonyl (C=O) groups excluding carboxylic acids is 2. The lowest BCUT2D eigenvalue weighted by Gasteiger charge is -2.15.